The number of amides is 4. The van der Waals surface area contributed by atoms with Gasteiger partial charge in [0, 0.05) is 26.1 Å². The maximum atomic E-state index is 13.3. The van der Waals surface area contributed by atoms with E-state index in [4.69, 9.17) is 45.9 Å². The Bertz CT molecular complexity index is 1020. The first-order valence-corrected chi connectivity index (χ1v) is 13.5. The summed E-state index contributed by atoms with van der Waals surface area (Å²) in [7, 11) is 0. The molecule has 244 valence electrons. The molecule has 20 nitrogen and oxygen atoms in total. The predicted octanol–water partition coefficient (Wildman–Crippen LogP) is -5.72. The number of nitrogens with zero attached hydrogens (tertiary/aromatic N) is 3. The molecule has 0 saturated carbocycles. The van der Waals surface area contributed by atoms with Crippen LogP contribution in [0.25, 0.3) is 0 Å². The summed E-state index contributed by atoms with van der Waals surface area (Å²) in [6, 6.07) is -4.91. The fourth-order valence-electron chi connectivity index (χ4n) is 3.56. The number of hydrogen-bond acceptors (Lipinski definition) is 9. The van der Waals surface area contributed by atoms with Gasteiger partial charge in [0.15, 0.2) is 17.9 Å². The molecule has 0 heterocycles. The molecule has 0 aliphatic carbocycles. The molecule has 20 heteroatoms. The molecule has 0 fully saturated rings. The third-order valence-electron chi connectivity index (χ3n) is 5.75. The Morgan fingerprint density at radius 3 is 1.35 bits per heavy atom. The number of aliphatic imine (C=N–C) groups is 3. The Morgan fingerprint density at radius 1 is 0.558 bits per heavy atom. The lowest BCUT2D eigenvalue weighted by molar-refractivity contribution is -0.142. The molecular formula is C23H46N14O6. The highest BCUT2D eigenvalue weighted by Gasteiger charge is 2.30. The Kier molecular flexibility index (Phi) is 18.5. The van der Waals surface area contributed by atoms with Crippen molar-refractivity contribution >= 4 is 47.5 Å². The third kappa shape index (κ3) is 19.0. The van der Waals surface area contributed by atoms with E-state index in [9.17, 15) is 29.1 Å². The minimum Gasteiger partial charge on any atom is -0.480 e. The van der Waals surface area contributed by atoms with Crippen LogP contribution in [0, 0.1) is 0 Å². The molecule has 0 aliphatic heterocycles. The number of aliphatic carboxylic acids is 1. The molecule has 43 heavy (non-hydrogen) atoms. The van der Waals surface area contributed by atoms with E-state index in [1.165, 1.54) is 0 Å². The second-order valence-electron chi connectivity index (χ2n) is 9.48. The van der Waals surface area contributed by atoms with Crippen molar-refractivity contribution in [1.82, 2.24) is 16.0 Å². The molecule has 0 rings (SSSR count). The topological polar surface area (TPSA) is 387 Å². The number of rotatable bonds is 22. The maximum absolute atomic E-state index is 13.3. The van der Waals surface area contributed by atoms with Crippen LogP contribution in [0.3, 0.4) is 0 Å². The van der Waals surface area contributed by atoms with Crippen molar-refractivity contribution in [3.05, 3.63) is 0 Å². The Hall–Kier alpha value is -4.88. The number of carbonyl (C=O) groups is 5. The summed E-state index contributed by atoms with van der Waals surface area (Å²) in [4.78, 5) is 73.6. The molecule has 0 aliphatic rings. The van der Waals surface area contributed by atoms with E-state index in [0.717, 1.165) is 0 Å². The number of carboxylic acids is 1. The normalized spacial score (nSPS) is 13.2. The van der Waals surface area contributed by atoms with Crippen LogP contribution >= 0.6 is 0 Å². The van der Waals surface area contributed by atoms with E-state index in [2.05, 4.69) is 30.9 Å². The van der Waals surface area contributed by atoms with E-state index in [0.29, 0.717) is 6.42 Å². The zero-order valence-electron chi connectivity index (χ0n) is 24.0. The third-order valence-corrected chi connectivity index (χ3v) is 5.75. The van der Waals surface area contributed by atoms with E-state index >= 15 is 0 Å². The van der Waals surface area contributed by atoms with Crippen LogP contribution in [-0.4, -0.2) is 96.4 Å². The zero-order valence-corrected chi connectivity index (χ0v) is 24.0. The molecule has 0 aromatic heterocycles. The Morgan fingerprint density at radius 2 is 0.930 bits per heavy atom. The quantitative estimate of drug-likeness (QED) is 0.0307. The van der Waals surface area contributed by atoms with Crippen molar-refractivity contribution in [1.29, 1.82) is 0 Å². The predicted molar refractivity (Wildman–Crippen MR) is 160 cm³/mol. The Labute approximate surface area is 248 Å². The van der Waals surface area contributed by atoms with Crippen molar-refractivity contribution in [2.75, 3.05) is 19.6 Å². The molecule has 4 amide bonds. The number of guanidine groups is 3. The highest BCUT2D eigenvalue weighted by atomic mass is 16.4. The molecule has 0 spiro atoms. The average Bonchev–Trinajstić information content (AvgIpc) is 2.91. The van der Waals surface area contributed by atoms with Gasteiger partial charge in [0.05, 0.1) is 6.04 Å². The standard InChI is InChI=1S/C23H46N14O6/c24-12(4-1-9-32-21(26)27)17(39)35-13(5-2-10-33-22(28)29)18(40)36-14(7-8-16(25)38)19(41)37-15(20(42)43)6-3-11-34-23(30)31/h12-15H,1-11,24H2,(H2,25,38)(H,35,39)(H,36,40)(H,37,41)(H,42,43)(H4,26,27,32)(H4,28,29,33)(H4,30,31,34). The van der Waals surface area contributed by atoms with Crippen LogP contribution < -0.4 is 61.8 Å². The van der Waals surface area contributed by atoms with Crippen molar-refractivity contribution in [2.45, 2.75) is 75.5 Å². The molecule has 0 aromatic carbocycles. The van der Waals surface area contributed by atoms with Crippen molar-refractivity contribution in [3.8, 4) is 0 Å². The first-order valence-electron chi connectivity index (χ1n) is 13.5. The van der Waals surface area contributed by atoms with E-state index in [1.807, 2.05) is 0 Å². The maximum Gasteiger partial charge on any atom is 0.326 e. The average molecular weight is 615 g/mol. The number of nitrogens with one attached hydrogen (secondary N) is 3. The van der Waals surface area contributed by atoms with Crippen LogP contribution in [0.1, 0.15) is 51.4 Å². The van der Waals surface area contributed by atoms with Gasteiger partial charge in [-0.2, -0.15) is 0 Å². The lowest BCUT2D eigenvalue weighted by atomic mass is 10.0. The lowest BCUT2D eigenvalue weighted by Gasteiger charge is -2.25. The van der Waals surface area contributed by atoms with Crippen LogP contribution in [0.15, 0.2) is 15.0 Å². The molecule has 20 N–H and O–H groups in total. The van der Waals surface area contributed by atoms with Gasteiger partial charge in [0.25, 0.3) is 0 Å². The number of nitrogens with two attached hydrogens (primary N) is 8. The minimum atomic E-state index is -1.37. The zero-order chi connectivity index (χ0) is 32.9. The molecule has 0 radical (unpaired) electrons. The minimum absolute atomic E-state index is 0.0289. The van der Waals surface area contributed by atoms with Gasteiger partial charge in [-0.3, -0.25) is 34.2 Å². The molecule has 0 aromatic rings. The summed E-state index contributed by atoms with van der Waals surface area (Å²) >= 11 is 0. The van der Waals surface area contributed by atoms with Gasteiger partial charge in [-0.05, 0) is 44.9 Å². The summed E-state index contributed by atoms with van der Waals surface area (Å²) in [5.74, 6) is -4.87. The van der Waals surface area contributed by atoms with E-state index in [1.54, 1.807) is 0 Å². The van der Waals surface area contributed by atoms with Gasteiger partial charge in [-0.1, -0.05) is 0 Å². The van der Waals surface area contributed by atoms with Gasteiger partial charge >= 0.3 is 5.97 Å². The number of carboxylic acid groups (broad SMARTS) is 1. The molecular weight excluding hydrogens is 568 g/mol. The SMILES string of the molecule is NC(=O)CCC(NC(=O)C(CCCN=C(N)N)NC(=O)C(N)CCCN=C(N)N)C(=O)NC(CCCN=C(N)N)C(=O)O. The summed E-state index contributed by atoms with van der Waals surface area (Å²) in [6.07, 6.45) is 0.540. The summed E-state index contributed by atoms with van der Waals surface area (Å²) in [5.41, 5.74) is 42.9. The lowest BCUT2D eigenvalue weighted by Crippen LogP contribution is -2.57. The number of hydrogen-bond donors (Lipinski definition) is 12. The van der Waals surface area contributed by atoms with Gasteiger partial charge in [0.2, 0.25) is 23.6 Å². The fraction of sp³-hybridized carbons (Fsp3) is 0.652. The largest absolute Gasteiger partial charge is 0.480 e. The monoisotopic (exact) mass is 614 g/mol. The molecule has 0 saturated heterocycles. The van der Waals surface area contributed by atoms with Gasteiger partial charge in [-0.25, -0.2) is 4.79 Å². The first kappa shape index (κ1) is 38.1. The van der Waals surface area contributed by atoms with Crippen LogP contribution in [-0.2, 0) is 24.0 Å². The van der Waals surface area contributed by atoms with Crippen LogP contribution in [0.2, 0.25) is 0 Å². The van der Waals surface area contributed by atoms with Crippen molar-refractivity contribution in [3.63, 3.8) is 0 Å². The van der Waals surface area contributed by atoms with E-state index in [-0.39, 0.29) is 82.5 Å². The second kappa shape index (κ2) is 20.9. The Balaban J connectivity index is 5.68. The molecule has 0 bridgehead atoms. The highest BCUT2D eigenvalue weighted by Crippen LogP contribution is 2.06. The van der Waals surface area contributed by atoms with Crippen LogP contribution in [0.5, 0.6) is 0 Å². The van der Waals surface area contributed by atoms with Crippen LogP contribution in [0.4, 0.5) is 0 Å². The van der Waals surface area contributed by atoms with Crippen molar-refractivity contribution < 1.29 is 29.1 Å². The fourth-order valence-corrected chi connectivity index (χ4v) is 3.56. The highest BCUT2D eigenvalue weighted by molar-refractivity contribution is 5.94. The summed E-state index contributed by atoms with van der Waals surface area (Å²) in [5, 5.41) is 16.9. The molecule has 4 atom stereocenters. The van der Waals surface area contributed by atoms with Gasteiger partial charge in [0.1, 0.15) is 18.1 Å². The summed E-state index contributed by atoms with van der Waals surface area (Å²) in [6.45, 7) is 0.508. The van der Waals surface area contributed by atoms with E-state index < -0.39 is 53.8 Å². The summed E-state index contributed by atoms with van der Waals surface area (Å²) < 4.78 is 0. The number of carbonyl (C=O) groups excluding carboxylic acids is 4. The van der Waals surface area contributed by atoms with Gasteiger partial charge < -0.3 is 66.9 Å². The van der Waals surface area contributed by atoms with Crippen molar-refractivity contribution in [2.24, 2.45) is 60.8 Å². The smallest absolute Gasteiger partial charge is 0.326 e. The first-order chi connectivity index (χ1) is 20.1. The molecule has 4 unspecified atom stereocenters. The number of primary amides is 1. The van der Waals surface area contributed by atoms with Gasteiger partial charge in [-0.15, -0.1) is 0 Å². The second-order valence-corrected chi connectivity index (χ2v) is 9.48.